The molecule has 2 aromatic carbocycles. The largest absolute Gasteiger partial charge is 0.419 e. The number of alkyl halides is 1. The molecule has 0 saturated heterocycles. The van der Waals surface area contributed by atoms with E-state index in [1.807, 2.05) is 30.3 Å². The fourth-order valence-corrected chi connectivity index (χ4v) is 2.46. The predicted molar refractivity (Wildman–Crippen MR) is 81.5 cm³/mol. The highest BCUT2D eigenvalue weighted by molar-refractivity contribution is 9.10. The second kappa shape index (κ2) is 5.95. The molecule has 21 heavy (non-hydrogen) atoms. The lowest BCUT2D eigenvalue weighted by Crippen LogP contribution is -1.92. The van der Waals surface area contributed by atoms with Gasteiger partial charge in [0.1, 0.15) is 11.2 Å². The molecule has 1 unspecified atom stereocenters. The molecule has 1 aromatic heterocycles. The van der Waals surface area contributed by atoms with Gasteiger partial charge in [-0.1, -0.05) is 30.3 Å². The minimum Gasteiger partial charge on any atom is -0.419 e. The lowest BCUT2D eigenvalue weighted by atomic mass is 10.1. The van der Waals surface area contributed by atoms with Crippen LogP contribution in [0.5, 0.6) is 0 Å². The Morgan fingerprint density at radius 3 is 2.57 bits per heavy atom. The standard InChI is InChI=1S/C15H9BrClFN2O/c16-11-8-10(6-7-12(11)18)14-19-20-15(21-14)13(17)9-4-2-1-3-5-9/h1-8,13H. The van der Waals surface area contributed by atoms with E-state index >= 15 is 0 Å². The Morgan fingerprint density at radius 2 is 1.86 bits per heavy atom. The average Bonchev–Trinajstić information content (AvgIpc) is 3.00. The van der Waals surface area contributed by atoms with Crippen LogP contribution in [0.15, 0.2) is 57.4 Å². The zero-order valence-corrected chi connectivity index (χ0v) is 13.0. The average molecular weight is 368 g/mol. The lowest BCUT2D eigenvalue weighted by molar-refractivity contribution is 0.513. The molecular formula is C15H9BrClFN2O. The van der Waals surface area contributed by atoms with Crippen LogP contribution in [0.4, 0.5) is 4.39 Å². The number of nitrogens with zero attached hydrogens (tertiary/aromatic N) is 2. The molecule has 3 rings (SSSR count). The zero-order valence-electron chi connectivity index (χ0n) is 10.6. The molecule has 0 aliphatic rings. The maximum absolute atomic E-state index is 13.2. The highest BCUT2D eigenvalue weighted by atomic mass is 79.9. The first-order valence-electron chi connectivity index (χ1n) is 6.13. The van der Waals surface area contributed by atoms with Crippen LogP contribution in [0, 0.1) is 5.82 Å². The van der Waals surface area contributed by atoms with Crippen LogP contribution in [-0.4, -0.2) is 10.2 Å². The highest BCUT2D eigenvalue weighted by Gasteiger charge is 2.19. The first-order valence-corrected chi connectivity index (χ1v) is 7.36. The summed E-state index contributed by atoms with van der Waals surface area (Å²) >= 11 is 9.45. The summed E-state index contributed by atoms with van der Waals surface area (Å²) in [6.07, 6.45) is 0. The number of rotatable bonds is 3. The number of hydrogen-bond donors (Lipinski definition) is 0. The van der Waals surface area contributed by atoms with Crippen LogP contribution in [0.1, 0.15) is 16.8 Å². The van der Waals surface area contributed by atoms with Gasteiger partial charge in [-0.15, -0.1) is 21.8 Å². The van der Waals surface area contributed by atoms with Crippen molar-refractivity contribution in [1.29, 1.82) is 0 Å². The van der Waals surface area contributed by atoms with Gasteiger partial charge in [-0.2, -0.15) is 0 Å². The molecule has 0 bridgehead atoms. The van der Waals surface area contributed by atoms with Gasteiger partial charge < -0.3 is 4.42 Å². The van der Waals surface area contributed by atoms with E-state index in [4.69, 9.17) is 16.0 Å². The molecule has 0 fully saturated rings. The quantitative estimate of drug-likeness (QED) is 0.614. The molecule has 0 radical (unpaired) electrons. The molecule has 1 atom stereocenters. The Labute approximate surface area is 133 Å². The third-order valence-corrected chi connectivity index (χ3v) is 3.96. The second-order valence-corrected chi connectivity index (χ2v) is 5.64. The van der Waals surface area contributed by atoms with Gasteiger partial charge in [0.05, 0.1) is 4.47 Å². The van der Waals surface area contributed by atoms with Gasteiger partial charge in [-0.3, -0.25) is 0 Å². The number of hydrogen-bond acceptors (Lipinski definition) is 3. The van der Waals surface area contributed by atoms with Gasteiger partial charge in [0.15, 0.2) is 0 Å². The summed E-state index contributed by atoms with van der Waals surface area (Å²) in [6, 6.07) is 13.9. The Kier molecular flexibility index (Phi) is 4.03. The van der Waals surface area contributed by atoms with Crippen molar-refractivity contribution >= 4 is 27.5 Å². The molecule has 0 amide bonds. The summed E-state index contributed by atoms with van der Waals surface area (Å²) < 4.78 is 19.2. The van der Waals surface area contributed by atoms with Gasteiger partial charge >= 0.3 is 0 Å². The Hall–Kier alpha value is -1.72. The molecule has 0 aliphatic heterocycles. The van der Waals surface area contributed by atoms with Crippen molar-refractivity contribution in [2.45, 2.75) is 5.38 Å². The van der Waals surface area contributed by atoms with Crippen molar-refractivity contribution < 1.29 is 8.81 Å². The minimum absolute atomic E-state index is 0.298. The molecule has 1 heterocycles. The summed E-state index contributed by atoms with van der Waals surface area (Å²) in [6.45, 7) is 0. The molecule has 0 aliphatic carbocycles. The van der Waals surface area contributed by atoms with Gasteiger partial charge in [0, 0.05) is 5.56 Å². The smallest absolute Gasteiger partial charge is 0.247 e. The molecule has 6 heteroatoms. The minimum atomic E-state index is -0.517. The first-order chi connectivity index (χ1) is 10.1. The Bertz CT molecular complexity index is 763. The fraction of sp³-hybridized carbons (Fsp3) is 0.0667. The van der Waals surface area contributed by atoms with Crippen LogP contribution in [0.3, 0.4) is 0 Å². The van der Waals surface area contributed by atoms with E-state index < -0.39 is 5.38 Å². The van der Waals surface area contributed by atoms with Crippen molar-refractivity contribution in [2.75, 3.05) is 0 Å². The third-order valence-electron chi connectivity index (χ3n) is 2.92. The second-order valence-electron chi connectivity index (χ2n) is 4.35. The summed E-state index contributed by atoms with van der Waals surface area (Å²) in [4.78, 5) is 0. The van der Waals surface area contributed by atoms with Crippen molar-refractivity contribution in [1.82, 2.24) is 10.2 Å². The van der Waals surface area contributed by atoms with Gasteiger partial charge in [0.25, 0.3) is 0 Å². The monoisotopic (exact) mass is 366 g/mol. The van der Waals surface area contributed by atoms with Crippen molar-refractivity contribution in [3.05, 3.63) is 70.3 Å². The fourth-order valence-electron chi connectivity index (χ4n) is 1.85. The van der Waals surface area contributed by atoms with E-state index in [0.29, 0.717) is 21.8 Å². The van der Waals surface area contributed by atoms with E-state index in [1.165, 1.54) is 6.07 Å². The molecule has 0 saturated carbocycles. The van der Waals surface area contributed by atoms with Crippen LogP contribution in [0.25, 0.3) is 11.5 Å². The van der Waals surface area contributed by atoms with Crippen LogP contribution >= 0.6 is 27.5 Å². The molecule has 106 valence electrons. The molecule has 0 N–H and O–H groups in total. The van der Waals surface area contributed by atoms with Crippen LogP contribution < -0.4 is 0 Å². The summed E-state index contributed by atoms with van der Waals surface area (Å²) in [5, 5.41) is 7.41. The Balaban J connectivity index is 1.91. The molecule has 0 spiro atoms. The van der Waals surface area contributed by atoms with Gasteiger partial charge in [-0.25, -0.2) is 4.39 Å². The van der Waals surface area contributed by atoms with Crippen LogP contribution in [-0.2, 0) is 0 Å². The molecular weight excluding hydrogens is 359 g/mol. The maximum atomic E-state index is 13.2. The van der Waals surface area contributed by atoms with Crippen molar-refractivity contribution in [3.8, 4) is 11.5 Å². The van der Waals surface area contributed by atoms with Gasteiger partial charge in [0.2, 0.25) is 11.8 Å². The maximum Gasteiger partial charge on any atom is 0.247 e. The summed E-state index contributed by atoms with van der Waals surface area (Å²) in [5.74, 6) is 0.253. The SMILES string of the molecule is Fc1ccc(-c2nnc(C(Cl)c3ccccc3)o2)cc1Br. The van der Waals surface area contributed by atoms with Crippen molar-refractivity contribution in [3.63, 3.8) is 0 Å². The van der Waals surface area contributed by atoms with Gasteiger partial charge in [-0.05, 0) is 39.7 Å². The molecule has 3 nitrogen and oxygen atoms in total. The molecule has 3 aromatic rings. The normalized spacial score (nSPS) is 12.3. The summed E-state index contributed by atoms with van der Waals surface area (Å²) in [5.41, 5.74) is 1.49. The zero-order chi connectivity index (χ0) is 14.8. The lowest BCUT2D eigenvalue weighted by Gasteiger charge is -2.04. The number of aromatic nitrogens is 2. The number of benzene rings is 2. The van der Waals surface area contributed by atoms with E-state index in [2.05, 4.69) is 26.1 Å². The Morgan fingerprint density at radius 1 is 1.10 bits per heavy atom. The third kappa shape index (κ3) is 2.99. The van der Waals surface area contributed by atoms with E-state index in [0.717, 1.165) is 5.56 Å². The highest BCUT2D eigenvalue weighted by Crippen LogP contribution is 2.30. The van der Waals surface area contributed by atoms with E-state index in [1.54, 1.807) is 12.1 Å². The van der Waals surface area contributed by atoms with E-state index in [-0.39, 0.29) is 5.82 Å². The van der Waals surface area contributed by atoms with Crippen molar-refractivity contribution in [2.24, 2.45) is 0 Å². The summed E-state index contributed by atoms with van der Waals surface area (Å²) in [7, 11) is 0. The number of halogens is 3. The first kappa shape index (κ1) is 14.2. The van der Waals surface area contributed by atoms with Crippen LogP contribution in [0.2, 0.25) is 0 Å². The van der Waals surface area contributed by atoms with E-state index in [9.17, 15) is 4.39 Å². The predicted octanol–water partition coefficient (Wildman–Crippen LogP) is 4.97. The topological polar surface area (TPSA) is 38.9 Å².